The minimum Gasteiger partial charge on any atom is -0.479 e. The summed E-state index contributed by atoms with van der Waals surface area (Å²) in [5.41, 5.74) is -1.09. The normalized spacial score (nSPS) is 33.1. The molecule has 0 bridgehead atoms. The topological polar surface area (TPSA) is 95.5 Å². The van der Waals surface area contributed by atoms with Crippen molar-refractivity contribution in [2.24, 2.45) is 11.8 Å². The van der Waals surface area contributed by atoms with Crippen molar-refractivity contribution in [2.45, 2.75) is 69.4 Å². The van der Waals surface area contributed by atoms with E-state index in [1.165, 1.54) is 0 Å². The van der Waals surface area contributed by atoms with Gasteiger partial charge >= 0.3 is 5.97 Å². The van der Waals surface area contributed by atoms with E-state index in [0.29, 0.717) is 25.0 Å². The molecule has 3 N–H and O–H groups in total. The van der Waals surface area contributed by atoms with Crippen LogP contribution in [0.3, 0.4) is 0 Å². The molecule has 1 aliphatic heterocycles. The fourth-order valence-corrected chi connectivity index (χ4v) is 5.56. The minimum absolute atomic E-state index is 0.134. The van der Waals surface area contributed by atoms with Gasteiger partial charge in [0.25, 0.3) is 0 Å². The second kappa shape index (κ2) is 7.98. The number of hydrogen-bond acceptors (Lipinski definition) is 4. The first-order chi connectivity index (χ1) is 12.0. The third-order valence-corrected chi connectivity index (χ3v) is 7.15. The second-order valence-electron chi connectivity index (χ2n) is 7.72. The maximum absolute atomic E-state index is 12.5. The lowest BCUT2D eigenvalue weighted by molar-refractivity contribution is -0.147. The number of carboxylic acids is 1. The van der Waals surface area contributed by atoms with E-state index < -0.39 is 11.5 Å². The Bertz CT molecular complexity index is 519. The maximum Gasteiger partial charge on any atom is 0.330 e. The Labute approximate surface area is 152 Å². The third-order valence-electron chi connectivity index (χ3n) is 5.96. The van der Waals surface area contributed by atoms with E-state index in [0.717, 1.165) is 44.3 Å². The van der Waals surface area contributed by atoms with Gasteiger partial charge in [0.2, 0.25) is 11.8 Å². The van der Waals surface area contributed by atoms with Crippen LogP contribution in [0, 0.1) is 11.8 Å². The zero-order valence-corrected chi connectivity index (χ0v) is 15.4. The largest absolute Gasteiger partial charge is 0.479 e. The van der Waals surface area contributed by atoms with Gasteiger partial charge in [-0.25, -0.2) is 4.79 Å². The number of carbonyl (C=O) groups is 3. The van der Waals surface area contributed by atoms with Crippen LogP contribution in [0.5, 0.6) is 0 Å². The molecule has 1 unspecified atom stereocenters. The first kappa shape index (κ1) is 18.5. The van der Waals surface area contributed by atoms with Crippen LogP contribution in [-0.2, 0) is 14.4 Å². The zero-order valence-electron chi connectivity index (χ0n) is 14.6. The van der Waals surface area contributed by atoms with E-state index in [1.54, 1.807) is 11.8 Å². The van der Waals surface area contributed by atoms with Gasteiger partial charge in [-0.15, -0.1) is 0 Å². The molecule has 0 aromatic heterocycles. The van der Waals surface area contributed by atoms with Crippen LogP contribution in [0.15, 0.2) is 0 Å². The molecule has 3 rings (SSSR count). The Morgan fingerprint density at radius 2 is 1.56 bits per heavy atom. The lowest BCUT2D eigenvalue weighted by Crippen LogP contribution is -2.56. The number of carboxylic acid groups (broad SMARTS) is 1. The Morgan fingerprint density at radius 3 is 2.12 bits per heavy atom. The summed E-state index contributed by atoms with van der Waals surface area (Å²) in [6, 6.07) is 0.160. The van der Waals surface area contributed by atoms with Gasteiger partial charge < -0.3 is 15.7 Å². The maximum atomic E-state index is 12.5. The average molecular weight is 368 g/mol. The average Bonchev–Trinajstić information content (AvgIpc) is 3.28. The van der Waals surface area contributed by atoms with E-state index in [9.17, 15) is 19.5 Å². The number of nitrogens with one attached hydrogen (secondary N) is 2. The van der Waals surface area contributed by atoms with Crippen LogP contribution >= 0.6 is 11.8 Å². The van der Waals surface area contributed by atoms with E-state index in [1.807, 2.05) is 0 Å². The Morgan fingerprint density at radius 1 is 0.920 bits per heavy atom. The first-order valence-corrected chi connectivity index (χ1v) is 10.6. The minimum atomic E-state index is -1.09. The molecule has 25 heavy (non-hydrogen) atoms. The van der Waals surface area contributed by atoms with Gasteiger partial charge in [0.15, 0.2) is 0 Å². The fraction of sp³-hybridized carbons (Fsp3) is 0.833. The van der Waals surface area contributed by atoms with Gasteiger partial charge in [-0.05, 0) is 50.7 Å². The lowest BCUT2D eigenvalue weighted by Gasteiger charge is -2.32. The highest BCUT2D eigenvalue weighted by atomic mass is 32.2. The third kappa shape index (κ3) is 4.30. The van der Waals surface area contributed by atoms with Crippen molar-refractivity contribution < 1.29 is 19.5 Å². The zero-order chi connectivity index (χ0) is 17.9. The summed E-state index contributed by atoms with van der Waals surface area (Å²) in [7, 11) is 0. The van der Waals surface area contributed by atoms with Gasteiger partial charge in [0.1, 0.15) is 5.54 Å². The molecule has 0 aromatic rings. The summed E-state index contributed by atoms with van der Waals surface area (Å²) >= 11 is 1.57. The van der Waals surface area contributed by atoms with Crippen LogP contribution in [0.2, 0.25) is 0 Å². The van der Waals surface area contributed by atoms with E-state index in [4.69, 9.17) is 0 Å². The van der Waals surface area contributed by atoms with Crippen molar-refractivity contribution in [3.8, 4) is 0 Å². The molecule has 1 heterocycles. The molecule has 140 valence electrons. The van der Waals surface area contributed by atoms with Crippen LogP contribution in [0.25, 0.3) is 0 Å². The molecular formula is C18H28N2O4S. The summed E-state index contributed by atoms with van der Waals surface area (Å²) in [5, 5.41) is 15.4. The van der Waals surface area contributed by atoms with Crippen molar-refractivity contribution in [1.29, 1.82) is 0 Å². The molecule has 0 spiro atoms. The van der Waals surface area contributed by atoms with Gasteiger partial charge in [-0.1, -0.05) is 12.8 Å². The summed E-state index contributed by atoms with van der Waals surface area (Å²) in [6.45, 7) is 0. The highest BCUT2D eigenvalue weighted by Crippen LogP contribution is 2.31. The summed E-state index contributed by atoms with van der Waals surface area (Å²) in [6.07, 6.45) is 7.80. The lowest BCUT2D eigenvalue weighted by atomic mass is 9.84. The van der Waals surface area contributed by atoms with Crippen molar-refractivity contribution in [2.75, 3.05) is 11.5 Å². The molecular weight excluding hydrogens is 340 g/mol. The molecule has 6 nitrogen and oxygen atoms in total. The Kier molecular flexibility index (Phi) is 5.92. The predicted molar refractivity (Wildman–Crippen MR) is 96.3 cm³/mol. The standard InChI is InChI=1S/C18H28N2O4S/c21-15(12-3-1-2-4-12)19-14-7-5-13(6-8-14)16(22)20-18(17(23)24)9-10-25-11-18/h12-14H,1-11H2,(H,19,21)(H,20,22)(H,23,24). The molecule has 2 aliphatic carbocycles. The monoisotopic (exact) mass is 368 g/mol. The molecule has 0 radical (unpaired) electrons. The first-order valence-electron chi connectivity index (χ1n) is 9.44. The van der Waals surface area contributed by atoms with Crippen molar-refractivity contribution in [1.82, 2.24) is 10.6 Å². The number of carbonyl (C=O) groups excluding carboxylic acids is 2. The smallest absolute Gasteiger partial charge is 0.330 e. The summed E-state index contributed by atoms with van der Waals surface area (Å²) < 4.78 is 0. The van der Waals surface area contributed by atoms with Gasteiger partial charge in [0.05, 0.1) is 0 Å². The molecule has 0 aromatic carbocycles. The highest BCUT2D eigenvalue weighted by molar-refractivity contribution is 7.99. The predicted octanol–water partition coefficient (Wildman–Crippen LogP) is 1.93. The van der Waals surface area contributed by atoms with Crippen LogP contribution in [0.4, 0.5) is 0 Å². The molecule has 3 aliphatic rings. The van der Waals surface area contributed by atoms with Crippen molar-refractivity contribution in [3.05, 3.63) is 0 Å². The van der Waals surface area contributed by atoms with Crippen LogP contribution < -0.4 is 10.6 Å². The van der Waals surface area contributed by atoms with E-state index in [2.05, 4.69) is 10.6 Å². The second-order valence-corrected chi connectivity index (χ2v) is 8.82. The molecule has 3 fully saturated rings. The fourth-order valence-electron chi connectivity index (χ4n) is 4.23. The summed E-state index contributed by atoms with van der Waals surface area (Å²) in [5.74, 6) is 0.373. The quantitative estimate of drug-likeness (QED) is 0.689. The van der Waals surface area contributed by atoms with Crippen molar-refractivity contribution >= 4 is 29.5 Å². The van der Waals surface area contributed by atoms with Crippen LogP contribution in [-0.4, -0.2) is 46.0 Å². The highest BCUT2D eigenvalue weighted by Gasteiger charge is 2.44. The van der Waals surface area contributed by atoms with E-state index >= 15 is 0 Å². The number of hydrogen-bond donors (Lipinski definition) is 3. The van der Waals surface area contributed by atoms with E-state index in [-0.39, 0.29) is 29.7 Å². The van der Waals surface area contributed by atoms with Crippen molar-refractivity contribution in [3.63, 3.8) is 0 Å². The van der Waals surface area contributed by atoms with Gasteiger partial charge in [0, 0.05) is 23.6 Å². The molecule has 7 heteroatoms. The number of amides is 2. The molecule has 2 saturated carbocycles. The number of aliphatic carboxylic acids is 1. The number of rotatable bonds is 5. The van der Waals surface area contributed by atoms with Gasteiger partial charge in [-0.2, -0.15) is 11.8 Å². The Hall–Kier alpha value is -1.24. The summed E-state index contributed by atoms with van der Waals surface area (Å²) in [4.78, 5) is 36.3. The van der Waals surface area contributed by atoms with Crippen LogP contribution in [0.1, 0.15) is 57.8 Å². The molecule has 1 saturated heterocycles. The Balaban J connectivity index is 1.46. The number of thioether (sulfide) groups is 1. The SMILES string of the molecule is O=C(NC1CCC(C(=O)NC2(C(=O)O)CCSC2)CC1)C1CCCC1. The molecule has 1 atom stereocenters. The molecule has 2 amide bonds. The van der Waals surface area contributed by atoms with Gasteiger partial charge in [-0.3, -0.25) is 9.59 Å².